The Morgan fingerprint density at radius 2 is 2.21 bits per heavy atom. The Balaban J connectivity index is 2.55. The average Bonchev–Trinajstić information content (AvgIpc) is 2.61. The number of rotatable bonds is 2. The number of hydrogen-bond donors (Lipinski definition) is 1. The van der Waals surface area contributed by atoms with Gasteiger partial charge >= 0.3 is 0 Å². The van der Waals surface area contributed by atoms with Crippen LogP contribution in [0.5, 0.6) is 0 Å². The molecule has 2 heterocycles. The van der Waals surface area contributed by atoms with E-state index in [0.29, 0.717) is 0 Å². The second-order valence-corrected chi connectivity index (χ2v) is 4.36. The van der Waals surface area contributed by atoms with Gasteiger partial charge in [0.15, 0.2) is 0 Å². The van der Waals surface area contributed by atoms with Crippen LogP contribution in [0.25, 0.3) is 11.0 Å². The molecule has 0 atom stereocenters. The molecule has 0 unspecified atom stereocenters. The van der Waals surface area contributed by atoms with Crippen molar-refractivity contribution in [3.05, 3.63) is 30.1 Å². The second kappa shape index (κ2) is 3.12. The van der Waals surface area contributed by atoms with Gasteiger partial charge in [-0.15, -0.1) is 0 Å². The maximum absolute atomic E-state index is 4.32. The molecule has 0 spiro atoms. The number of nitrogens with zero attached hydrogens (tertiary/aromatic N) is 1. The van der Waals surface area contributed by atoms with Crippen molar-refractivity contribution in [1.82, 2.24) is 9.97 Å². The molecule has 0 aliphatic carbocycles. The van der Waals surface area contributed by atoms with Gasteiger partial charge in [0, 0.05) is 17.3 Å². The third-order valence-corrected chi connectivity index (χ3v) is 3.00. The number of nitrogens with one attached hydrogen (secondary N) is 1. The molecule has 14 heavy (non-hydrogen) atoms. The van der Waals surface area contributed by atoms with Gasteiger partial charge in [0.2, 0.25) is 0 Å². The van der Waals surface area contributed by atoms with E-state index in [-0.39, 0.29) is 5.41 Å². The lowest BCUT2D eigenvalue weighted by Crippen LogP contribution is -2.15. The highest BCUT2D eigenvalue weighted by Crippen LogP contribution is 2.27. The molecule has 2 heteroatoms. The molecule has 0 aromatic carbocycles. The van der Waals surface area contributed by atoms with Gasteiger partial charge in [0.25, 0.3) is 0 Å². The highest BCUT2D eigenvalue weighted by Gasteiger charge is 2.20. The molecule has 0 bridgehead atoms. The van der Waals surface area contributed by atoms with Crippen molar-refractivity contribution in [3.8, 4) is 0 Å². The van der Waals surface area contributed by atoms with E-state index in [0.717, 1.165) is 17.5 Å². The van der Waals surface area contributed by atoms with Crippen LogP contribution in [-0.2, 0) is 5.41 Å². The fourth-order valence-electron chi connectivity index (χ4n) is 1.51. The van der Waals surface area contributed by atoms with Gasteiger partial charge in [-0.25, -0.2) is 0 Å². The molecule has 1 N–H and O–H groups in total. The summed E-state index contributed by atoms with van der Waals surface area (Å²) in [4.78, 5) is 7.74. The highest BCUT2D eigenvalue weighted by atomic mass is 14.8. The summed E-state index contributed by atoms with van der Waals surface area (Å²) in [5.41, 5.74) is 3.67. The molecule has 0 saturated carbocycles. The summed E-state index contributed by atoms with van der Waals surface area (Å²) in [6.45, 7) is 6.70. The minimum atomic E-state index is 0.209. The monoisotopic (exact) mass is 188 g/mol. The van der Waals surface area contributed by atoms with Crippen LogP contribution >= 0.6 is 0 Å². The zero-order valence-corrected chi connectivity index (χ0v) is 8.96. The van der Waals surface area contributed by atoms with Crippen molar-refractivity contribution in [1.29, 1.82) is 0 Å². The van der Waals surface area contributed by atoms with Crippen LogP contribution in [0, 0.1) is 0 Å². The van der Waals surface area contributed by atoms with E-state index in [1.807, 2.05) is 12.3 Å². The lowest BCUT2D eigenvalue weighted by molar-refractivity contribution is 0.494. The maximum atomic E-state index is 4.32. The first-order valence-electron chi connectivity index (χ1n) is 5.08. The van der Waals surface area contributed by atoms with Gasteiger partial charge in [-0.3, -0.25) is 4.98 Å². The molecule has 0 amide bonds. The highest BCUT2D eigenvalue weighted by molar-refractivity contribution is 5.75. The molecule has 2 nitrogen and oxygen atoms in total. The lowest BCUT2D eigenvalue weighted by atomic mass is 9.87. The second-order valence-electron chi connectivity index (χ2n) is 4.36. The SMILES string of the molecule is CCC(C)(C)c1cc2ncccc2[nH]1. The lowest BCUT2D eigenvalue weighted by Gasteiger charge is -2.20. The Hall–Kier alpha value is -1.31. The quantitative estimate of drug-likeness (QED) is 0.770. The van der Waals surface area contributed by atoms with Gasteiger partial charge in [-0.05, 0) is 24.6 Å². The van der Waals surface area contributed by atoms with Crippen molar-refractivity contribution >= 4 is 11.0 Å². The first-order valence-corrected chi connectivity index (χ1v) is 5.08. The van der Waals surface area contributed by atoms with Gasteiger partial charge < -0.3 is 4.98 Å². The standard InChI is InChI=1S/C12H16N2/c1-4-12(2,3)11-8-10-9(14-11)6-5-7-13-10/h5-8,14H,4H2,1-3H3. The molecule has 2 aromatic heterocycles. The molecule has 0 aliphatic rings. The van der Waals surface area contributed by atoms with Gasteiger partial charge in [0.05, 0.1) is 11.0 Å². The molecule has 0 fully saturated rings. The number of H-pyrrole nitrogens is 1. The summed E-state index contributed by atoms with van der Waals surface area (Å²) in [5.74, 6) is 0. The van der Waals surface area contributed by atoms with Crippen molar-refractivity contribution in [2.45, 2.75) is 32.6 Å². The smallest absolute Gasteiger partial charge is 0.0881 e. The summed E-state index contributed by atoms with van der Waals surface area (Å²) in [5, 5.41) is 0. The normalized spacial score (nSPS) is 12.2. The van der Waals surface area contributed by atoms with Crippen molar-refractivity contribution < 1.29 is 0 Å². The van der Waals surface area contributed by atoms with Crippen LogP contribution in [0.2, 0.25) is 0 Å². The first-order chi connectivity index (χ1) is 6.63. The summed E-state index contributed by atoms with van der Waals surface area (Å²) in [6.07, 6.45) is 2.96. The maximum Gasteiger partial charge on any atom is 0.0881 e. The Morgan fingerprint density at radius 3 is 2.86 bits per heavy atom. The summed E-state index contributed by atoms with van der Waals surface area (Å²) >= 11 is 0. The molecule has 2 aromatic rings. The molecule has 2 rings (SSSR count). The Kier molecular flexibility index (Phi) is 2.06. The zero-order valence-electron chi connectivity index (χ0n) is 8.96. The van der Waals surface area contributed by atoms with Crippen LogP contribution in [-0.4, -0.2) is 9.97 Å². The predicted octanol–water partition coefficient (Wildman–Crippen LogP) is 3.25. The number of fused-ring (bicyclic) bond motifs is 1. The van der Waals surface area contributed by atoms with E-state index in [4.69, 9.17) is 0 Å². The van der Waals surface area contributed by atoms with E-state index in [9.17, 15) is 0 Å². The largest absolute Gasteiger partial charge is 0.357 e. The first kappa shape index (κ1) is 9.25. The fraction of sp³-hybridized carbons (Fsp3) is 0.417. The number of aromatic nitrogens is 2. The molecule has 0 saturated heterocycles. The van der Waals surface area contributed by atoms with E-state index in [1.54, 1.807) is 0 Å². The molecular weight excluding hydrogens is 172 g/mol. The van der Waals surface area contributed by atoms with E-state index in [2.05, 4.69) is 42.9 Å². The Morgan fingerprint density at radius 1 is 1.43 bits per heavy atom. The van der Waals surface area contributed by atoms with Crippen molar-refractivity contribution in [3.63, 3.8) is 0 Å². The van der Waals surface area contributed by atoms with E-state index < -0.39 is 0 Å². The third kappa shape index (κ3) is 1.41. The number of aromatic amines is 1. The third-order valence-electron chi connectivity index (χ3n) is 3.00. The Labute approximate surface area is 84.4 Å². The van der Waals surface area contributed by atoms with Gasteiger partial charge in [-0.1, -0.05) is 20.8 Å². The summed E-state index contributed by atoms with van der Waals surface area (Å²) < 4.78 is 0. The van der Waals surface area contributed by atoms with Crippen LogP contribution in [0.15, 0.2) is 24.4 Å². The zero-order chi connectivity index (χ0) is 10.2. The van der Waals surface area contributed by atoms with E-state index >= 15 is 0 Å². The Bertz CT molecular complexity index is 407. The van der Waals surface area contributed by atoms with E-state index in [1.165, 1.54) is 5.69 Å². The van der Waals surface area contributed by atoms with Crippen LogP contribution < -0.4 is 0 Å². The minimum Gasteiger partial charge on any atom is -0.357 e. The van der Waals surface area contributed by atoms with Crippen LogP contribution in [0.4, 0.5) is 0 Å². The molecular formula is C12H16N2. The van der Waals surface area contributed by atoms with Crippen molar-refractivity contribution in [2.24, 2.45) is 0 Å². The summed E-state index contributed by atoms with van der Waals surface area (Å²) in [7, 11) is 0. The van der Waals surface area contributed by atoms with Crippen molar-refractivity contribution in [2.75, 3.05) is 0 Å². The summed E-state index contributed by atoms with van der Waals surface area (Å²) in [6, 6.07) is 6.18. The molecule has 74 valence electrons. The number of hydrogen-bond acceptors (Lipinski definition) is 1. The fourth-order valence-corrected chi connectivity index (χ4v) is 1.51. The average molecular weight is 188 g/mol. The van der Waals surface area contributed by atoms with Gasteiger partial charge in [-0.2, -0.15) is 0 Å². The van der Waals surface area contributed by atoms with Gasteiger partial charge in [0.1, 0.15) is 0 Å². The minimum absolute atomic E-state index is 0.209. The number of pyridine rings is 1. The van der Waals surface area contributed by atoms with Crippen LogP contribution in [0.3, 0.4) is 0 Å². The topological polar surface area (TPSA) is 28.7 Å². The molecule has 0 aliphatic heterocycles. The predicted molar refractivity (Wildman–Crippen MR) is 59.4 cm³/mol. The molecule has 0 radical (unpaired) electrons. The van der Waals surface area contributed by atoms with Crippen LogP contribution in [0.1, 0.15) is 32.9 Å².